The van der Waals surface area contributed by atoms with Crippen molar-refractivity contribution in [1.82, 2.24) is 20.2 Å². The second-order valence-electron chi connectivity index (χ2n) is 14.6. The molecule has 1 aromatic rings. The van der Waals surface area contributed by atoms with E-state index in [-0.39, 0.29) is 42.0 Å². The van der Waals surface area contributed by atoms with Gasteiger partial charge in [0.05, 0.1) is 0 Å². The predicted octanol–water partition coefficient (Wildman–Crippen LogP) is 13.4. The Morgan fingerprint density at radius 1 is 0.875 bits per heavy atom. The summed E-state index contributed by atoms with van der Waals surface area (Å²) >= 11 is 0. The molecule has 1 fully saturated rings. The summed E-state index contributed by atoms with van der Waals surface area (Å²) in [6, 6.07) is 0.482. The van der Waals surface area contributed by atoms with E-state index in [1.54, 1.807) is 0 Å². The second kappa shape index (κ2) is 34.2. The molecule has 1 amide bonds. The third-order valence-corrected chi connectivity index (χ3v) is 9.64. The van der Waals surface area contributed by atoms with Crippen molar-refractivity contribution in [2.24, 2.45) is 22.6 Å². The number of anilines is 1. The number of nitrogens with two attached hydrogens (primary N) is 1. The largest absolute Gasteiger partial charge is 0.421 e. The van der Waals surface area contributed by atoms with Crippen molar-refractivity contribution in [3.05, 3.63) is 23.5 Å². The lowest BCUT2D eigenvalue weighted by Gasteiger charge is -2.32. The fourth-order valence-electron chi connectivity index (χ4n) is 6.54. The van der Waals surface area contributed by atoms with Crippen molar-refractivity contribution in [2.75, 3.05) is 18.4 Å². The van der Waals surface area contributed by atoms with E-state index in [0.29, 0.717) is 25.4 Å². The van der Waals surface area contributed by atoms with Crippen LogP contribution in [0.1, 0.15) is 204 Å². The number of carbonyl (C=O) groups is 1. The average molecular weight is 798 g/mol. The Kier molecular flexibility index (Phi) is 33.8. The number of nitrogens with one attached hydrogen (secondary N) is 2. The lowest BCUT2D eigenvalue weighted by Crippen LogP contribution is -2.41. The number of hydrogen-bond acceptors (Lipinski definition) is 6. The van der Waals surface area contributed by atoms with Crippen LogP contribution in [-0.4, -0.2) is 51.8 Å². The summed E-state index contributed by atoms with van der Waals surface area (Å²) in [5, 5.41) is 6.35. The Morgan fingerprint density at radius 2 is 1.45 bits per heavy atom. The Balaban J connectivity index is 0. The molecule has 4 N–H and O–H groups in total. The molecule has 1 aromatic heterocycles. The third-order valence-electron chi connectivity index (χ3n) is 9.64. The van der Waals surface area contributed by atoms with Crippen molar-refractivity contribution in [2.45, 2.75) is 217 Å². The van der Waals surface area contributed by atoms with Gasteiger partial charge in [0.25, 0.3) is 5.95 Å². The highest BCUT2D eigenvalue weighted by Crippen LogP contribution is 2.37. The number of nitrogens with zero attached hydrogens (tertiary/aromatic N) is 4. The number of carbonyl (C=O) groups excluding carboxylic acids is 1. The minimum Gasteiger partial charge on any atom is -0.388 e. The molecule has 0 bridgehead atoms. The molecule has 1 aliphatic rings. The quantitative estimate of drug-likeness (QED) is 0.0489. The number of amides is 1. The van der Waals surface area contributed by atoms with Crippen molar-refractivity contribution < 1.29 is 18.0 Å². The van der Waals surface area contributed by atoms with Crippen LogP contribution < -0.4 is 16.4 Å². The fourth-order valence-corrected chi connectivity index (χ4v) is 6.54. The molecule has 2 unspecified atom stereocenters. The monoisotopic (exact) mass is 798 g/mol. The first-order valence-electron chi connectivity index (χ1n) is 22.7. The molecule has 0 radical (unpaired) electrons. The molecule has 0 aromatic carbocycles. The highest BCUT2D eigenvalue weighted by molar-refractivity contribution is 5.99. The molecule has 0 aliphatic heterocycles. The number of hydrogen-bond donors (Lipinski definition) is 3. The number of unbranched alkanes of at least 4 members (excludes halogenated alkanes) is 2. The second-order valence-corrected chi connectivity index (χ2v) is 14.6. The average Bonchev–Trinajstić information content (AvgIpc) is 4.03. The first kappa shape index (κ1) is 55.2. The van der Waals surface area contributed by atoms with Gasteiger partial charge >= 0.3 is 6.18 Å². The molecule has 328 valence electrons. The lowest BCUT2D eigenvalue weighted by atomic mass is 10.00. The van der Waals surface area contributed by atoms with Crippen LogP contribution >= 0.6 is 0 Å². The van der Waals surface area contributed by atoms with E-state index < -0.39 is 11.7 Å². The van der Waals surface area contributed by atoms with Gasteiger partial charge in [-0.05, 0) is 56.8 Å². The topological polar surface area (TPSA) is 109 Å². The molecule has 1 aliphatic carbocycles. The molecular formula is C45H86F3N7O. The molecule has 2 atom stereocenters. The van der Waals surface area contributed by atoms with Gasteiger partial charge in [-0.15, -0.1) is 0 Å². The molecule has 2 rings (SSSR count). The summed E-state index contributed by atoms with van der Waals surface area (Å²) in [4.78, 5) is 26.9. The van der Waals surface area contributed by atoms with Gasteiger partial charge in [0.1, 0.15) is 17.2 Å². The number of aliphatic imine (C=N–C) groups is 1. The van der Waals surface area contributed by atoms with E-state index in [2.05, 4.69) is 74.1 Å². The van der Waals surface area contributed by atoms with Crippen LogP contribution in [0.15, 0.2) is 23.0 Å². The van der Waals surface area contributed by atoms with E-state index in [0.717, 1.165) is 88.3 Å². The first-order valence-corrected chi connectivity index (χ1v) is 22.7. The van der Waals surface area contributed by atoms with Gasteiger partial charge < -0.3 is 21.3 Å². The van der Waals surface area contributed by atoms with E-state index in [1.165, 1.54) is 32.1 Å². The van der Waals surface area contributed by atoms with Crippen molar-refractivity contribution >= 4 is 23.5 Å². The van der Waals surface area contributed by atoms with Gasteiger partial charge in [-0.2, -0.15) is 23.1 Å². The highest BCUT2D eigenvalue weighted by Gasteiger charge is 2.35. The number of amidine groups is 1. The maximum absolute atomic E-state index is 13.8. The standard InChI is InChI=1S/C32H54F3N7O.C9H20.2C2H6/c1-6-11-16-24(13-7-2)38-21-26(23-17-18-23)29(36)40-31-39-22-27(32(33,34)35)30(41-31)37-19-12-20-42(28(43)10-5)25(14-8-3)15-9-4;1-4-6-8-9(3)7-5-2;2*1-2/h21-25,38H,6-20H2,1-5H3,(H3,36,37,39,40,41);9H,4-8H2,1-3H3;2*1-2H3/b26-21-;;;. The zero-order valence-corrected chi connectivity index (χ0v) is 38.0. The summed E-state index contributed by atoms with van der Waals surface area (Å²) in [6.45, 7) is 25.9. The van der Waals surface area contributed by atoms with Crippen molar-refractivity contribution in [3.63, 3.8) is 0 Å². The Bertz CT molecular complexity index is 1160. The van der Waals surface area contributed by atoms with Crippen LogP contribution in [0.2, 0.25) is 0 Å². The number of aromatic nitrogens is 2. The van der Waals surface area contributed by atoms with E-state index >= 15 is 0 Å². The maximum Gasteiger partial charge on any atom is 0.421 e. The van der Waals surface area contributed by atoms with Crippen molar-refractivity contribution in [3.8, 4) is 0 Å². The Morgan fingerprint density at radius 3 is 1.95 bits per heavy atom. The predicted molar refractivity (Wildman–Crippen MR) is 235 cm³/mol. The van der Waals surface area contributed by atoms with Crippen LogP contribution in [0.25, 0.3) is 0 Å². The summed E-state index contributed by atoms with van der Waals surface area (Å²) in [5.41, 5.74) is 6.27. The molecule has 8 nitrogen and oxygen atoms in total. The number of rotatable bonds is 26. The van der Waals surface area contributed by atoms with Gasteiger partial charge in [-0.1, -0.05) is 147 Å². The summed E-state index contributed by atoms with van der Waals surface area (Å²) in [5.74, 6) is 1.07. The van der Waals surface area contributed by atoms with Gasteiger partial charge in [0.2, 0.25) is 5.91 Å². The summed E-state index contributed by atoms with van der Waals surface area (Å²) in [7, 11) is 0. The first-order chi connectivity index (χ1) is 26.9. The van der Waals surface area contributed by atoms with Gasteiger partial charge in [0.15, 0.2) is 0 Å². The van der Waals surface area contributed by atoms with Crippen LogP contribution in [-0.2, 0) is 11.0 Å². The smallest absolute Gasteiger partial charge is 0.388 e. The third kappa shape index (κ3) is 24.0. The molecule has 0 saturated heterocycles. The molecular weight excluding hydrogens is 712 g/mol. The van der Waals surface area contributed by atoms with E-state index in [9.17, 15) is 18.0 Å². The summed E-state index contributed by atoms with van der Waals surface area (Å²) in [6.07, 6.45) is 17.1. The van der Waals surface area contributed by atoms with Crippen LogP contribution in [0.3, 0.4) is 0 Å². The zero-order chi connectivity index (χ0) is 42.9. The van der Waals surface area contributed by atoms with Crippen LogP contribution in [0.5, 0.6) is 0 Å². The molecule has 56 heavy (non-hydrogen) atoms. The van der Waals surface area contributed by atoms with Gasteiger partial charge in [-0.25, -0.2) is 4.98 Å². The number of alkyl halides is 3. The fraction of sp³-hybridized carbons (Fsp3) is 0.822. The SMILES string of the molecule is CC.CC.CCCCC(C)CCC.CCCCC(CCC)N/C=C(\C(N)=N\c1ncc(C(F)(F)F)c(NCCCN(C(=O)CC)C(CCC)CCC)n1)C1CC1. The maximum atomic E-state index is 13.8. The highest BCUT2D eigenvalue weighted by atomic mass is 19.4. The van der Waals surface area contributed by atoms with Crippen LogP contribution in [0, 0.1) is 11.8 Å². The minimum atomic E-state index is -4.64. The zero-order valence-electron chi connectivity index (χ0n) is 38.0. The minimum absolute atomic E-state index is 0.0670. The van der Waals surface area contributed by atoms with E-state index in [1.807, 2.05) is 45.7 Å². The Labute approximate surface area is 342 Å². The van der Waals surface area contributed by atoms with Gasteiger partial charge in [-0.3, -0.25) is 4.79 Å². The summed E-state index contributed by atoms with van der Waals surface area (Å²) < 4.78 is 41.5. The normalized spacial score (nSPS) is 14.0. The van der Waals surface area contributed by atoms with Crippen LogP contribution in [0.4, 0.5) is 24.9 Å². The Hall–Kier alpha value is -2.85. The van der Waals surface area contributed by atoms with Gasteiger partial charge in [0, 0.05) is 49.6 Å². The number of halogens is 3. The van der Waals surface area contributed by atoms with E-state index in [4.69, 9.17) is 5.73 Å². The molecule has 0 spiro atoms. The molecule has 1 saturated carbocycles. The molecule has 1 heterocycles. The van der Waals surface area contributed by atoms with Crippen molar-refractivity contribution in [1.29, 1.82) is 0 Å². The lowest BCUT2D eigenvalue weighted by molar-refractivity contribution is -0.137. The molecule has 11 heteroatoms.